The second kappa shape index (κ2) is 14.5. The van der Waals surface area contributed by atoms with Crippen LogP contribution in [0.1, 0.15) is 49.5 Å². The van der Waals surface area contributed by atoms with Gasteiger partial charge in [-0.2, -0.15) is 0 Å². The first-order chi connectivity index (χ1) is 15.0. The van der Waals surface area contributed by atoms with Gasteiger partial charge in [0.2, 0.25) is 0 Å². The Morgan fingerprint density at radius 2 is 1.81 bits per heavy atom. The Labute approximate surface area is 195 Å². The first-order valence-electron chi connectivity index (χ1n) is 10.7. The van der Waals surface area contributed by atoms with Crippen LogP contribution >= 0.6 is 23.2 Å². The van der Waals surface area contributed by atoms with E-state index in [9.17, 15) is 5.11 Å². The van der Waals surface area contributed by atoms with E-state index in [1.807, 2.05) is 12.1 Å². The number of aliphatic hydroxyl groups is 1. The van der Waals surface area contributed by atoms with E-state index in [0.717, 1.165) is 69.7 Å². The van der Waals surface area contributed by atoms with E-state index in [2.05, 4.69) is 10.3 Å². The van der Waals surface area contributed by atoms with Crippen molar-refractivity contribution in [1.82, 2.24) is 10.3 Å². The van der Waals surface area contributed by atoms with Crippen LogP contribution in [0.4, 0.5) is 5.69 Å². The number of ether oxygens (including phenoxy) is 2. The lowest BCUT2D eigenvalue weighted by Crippen LogP contribution is -2.22. The van der Waals surface area contributed by atoms with Gasteiger partial charge in [-0.15, -0.1) is 0 Å². The first kappa shape index (κ1) is 25.7. The third-order valence-corrected chi connectivity index (χ3v) is 5.61. The fourth-order valence-corrected chi connectivity index (χ4v) is 3.71. The SMILES string of the molecule is COc1cccnc1CCCOCCCCCCNCC(O)c1cc(Cl)c(N)c(Cl)c1. The summed E-state index contributed by atoms with van der Waals surface area (Å²) in [6.45, 7) is 2.81. The number of nitrogens with zero attached hydrogens (tertiary/aromatic N) is 1. The number of anilines is 1. The minimum atomic E-state index is -0.671. The summed E-state index contributed by atoms with van der Waals surface area (Å²) in [7, 11) is 1.67. The standard InChI is InChI=1S/C23H33Cl2N3O3/c1-30-22-9-6-11-28-20(22)8-7-13-31-12-5-3-2-4-10-27-16-21(29)17-14-18(24)23(26)19(25)15-17/h6,9,11,14-15,21,27,29H,2-5,7-8,10,12-13,16,26H2,1H3. The number of hydrogen-bond acceptors (Lipinski definition) is 6. The predicted octanol–water partition coefficient (Wildman–Crippen LogP) is 4.81. The van der Waals surface area contributed by atoms with Crippen LogP contribution in [0.15, 0.2) is 30.5 Å². The average Bonchev–Trinajstić information content (AvgIpc) is 2.77. The Bertz CT molecular complexity index is 769. The Morgan fingerprint density at radius 3 is 2.55 bits per heavy atom. The summed E-state index contributed by atoms with van der Waals surface area (Å²) < 4.78 is 11.0. The number of unbranched alkanes of at least 4 members (excludes halogenated alkanes) is 3. The Morgan fingerprint density at radius 1 is 1.10 bits per heavy atom. The molecule has 2 aromatic rings. The molecule has 0 radical (unpaired) electrons. The maximum atomic E-state index is 10.3. The van der Waals surface area contributed by atoms with Crippen LogP contribution < -0.4 is 15.8 Å². The molecule has 172 valence electrons. The molecular weight excluding hydrogens is 437 g/mol. The number of nitrogens with one attached hydrogen (secondary N) is 1. The largest absolute Gasteiger partial charge is 0.495 e. The molecule has 1 aromatic carbocycles. The third-order valence-electron chi connectivity index (χ3n) is 4.99. The molecule has 0 fully saturated rings. The molecule has 0 saturated heterocycles. The molecule has 0 aliphatic rings. The topological polar surface area (TPSA) is 89.6 Å². The highest BCUT2D eigenvalue weighted by Gasteiger charge is 2.12. The molecule has 1 atom stereocenters. The van der Waals surface area contributed by atoms with E-state index in [-0.39, 0.29) is 0 Å². The van der Waals surface area contributed by atoms with Gasteiger partial charge in [0.05, 0.1) is 34.6 Å². The number of hydrogen-bond donors (Lipinski definition) is 3. The summed E-state index contributed by atoms with van der Waals surface area (Å²) in [5, 5.41) is 14.2. The number of rotatable bonds is 15. The first-order valence-corrected chi connectivity index (χ1v) is 11.5. The zero-order valence-corrected chi connectivity index (χ0v) is 19.6. The van der Waals surface area contributed by atoms with Crippen molar-refractivity contribution in [2.45, 2.75) is 44.6 Å². The minimum absolute atomic E-state index is 0.338. The maximum Gasteiger partial charge on any atom is 0.140 e. The van der Waals surface area contributed by atoms with E-state index in [4.69, 9.17) is 38.4 Å². The number of aromatic nitrogens is 1. The van der Waals surface area contributed by atoms with Crippen LogP contribution in [0.25, 0.3) is 0 Å². The van der Waals surface area contributed by atoms with Gasteiger partial charge in [0.25, 0.3) is 0 Å². The molecule has 0 aliphatic heterocycles. The number of halogens is 2. The van der Waals surface area contributed by atoms with Gasteiger partial charge in [-0.05, 0) is 62.1 Å². The van der Waals surface area contributed by atoms with Crippen molar-refractivity contribution in [3.05, 3.63) is 51.8 Å². The number of benzene rings is 1. The molecule has 8 heteroatoms. The van der Waals surface area contributed by atoms with Gasteiger partial charge in [-0.25, -0.2) is 0 Å². The van der Waals surface area contributed by atoms with Crippen molar-refractivity contribution in [1.29, 1.82) is 0 Å². The maximum absolute atomic E-state index is 10.3. The number of nitrogen functional groups attached to an aromatic ring is 1. The van der Waals surface area contributed by atoms with Gasteiger partial charge >= 0.3 is 0 Å². The third kappa shape index (κ3) is 9.21. The highest BCUT2D eigenvalue weighted by atomic mass is 35.5. The van der Waals surface area contributed by atoms with Crippen molar-refractivity contribution in [3.8, 4) is 5.75 Å². The van der Waals surface area contributed by atoms with E-state index >= 15 is 0 Å². The molecule has 6 nitrogen and oxygen atoms in total. The Hall–Kier alpha value is -1.57. The molecule has 4 N–H and O–H groups in total. The lowest BCUT2D eigenvalue weighted by atomic mass is 10.1. The van der Waals surface area contributed by atoms with E-state index in [1.54, 1.807) is 25.4 Å². The second-order valence-electron chi connectivity index (χ2n) is 7.40. The quantitative estimate of drug-likeness (QED) is 0.256. The predicted molar refractivity (Wildman–Crippen MR) is 127 cm³/mol. The van der Waals surface area contributed by atoms with Crippen molar-refractivity contribution >= 4 is 28.9 Å². The molecule has 0 saturated carbocycles. The lowest BCUT2D eigenvalue weighted by molar-refractivity contribution is 0.127. The average molecular weight is 470 g/mol. The monoisotopic (exact) mass is 469 g/mol. The van der Waals surface area contributed by atoms with Crippen molar-refractivity contribution in [3.63, 3.8) is 0 Å². The molecule has 1 heterocycles. The van der Waals surface area contributed by atoms with Gasteiger partial charge in [-0.1, -0.05) is 36.0 Å². The fourth-order valence-electron chi connectivity index (χ4n) is 3.20. The molecular formula is C23H33Cl2N3O3. The number of pyridine rings is 1. The Kier molecular flexibility index (Phi) is 12.0. The van der Waals surface area contributed by atoms with Gasteiger partial charge in [0, 0.05) is 26.0 Å². The number of nitrogens with two attached hydrogens (primary N) is 1. The summed E-state index contributed by atoms with van der Waals surface area (Å²) in [6.07, 6.45) is 7.26. The lowest BCUT2D eigenvalue weighted by Gasteiger charge is -2.14. The molecule has 31 heavy (non-hydrogen) atoms. The number of methoxy groups -OCH3 is 1. The molecule has 0 bridgehead atoms. The molecule has 2 rings (SSSR count). The summed E-state index contributed by atoms with van der Waals surface area (Å²) in [5.74, 6) is 0.838. The van der Waals surface area contributed by atoms with Crippen molar-refractivity contribution in [2.75, 3.05) is 39.1 Å². The van der Waals surface area contributed by atoms with Crippen LogP contribution in [0, 0.1) is 0 Å². The highest BCUT2D eigenvalue weighted by Crippen LogP contribution is 2.31. The molecule has 1 aromatic heterocycles. The Balaban J connectivity index is 1.44. The van der Waals surface area contributed by atoms with Gasteiger partial charge in [-0.3, -0.25) is 4.98 Å². The highest BCUT2D eigenvalue weighted by molar-refractivity contribution is 6.38. The normalized spacial score (nSPS) is 12.1. The molecule has 0 amide bonds. The molecule has 0 aliphatic carbocycles. The van der Waals surface area contributed by atoms with Crippen LogP contribution in [0.2, 0.25) is 10.0 Å². The summed E-state index contributed by atoms with van der Waals surface area (Å²) in [4.78, 5) is 4.35. The van der Waals surface area contributed by atoms with Crippen molar-refractivity contribution in [2.24, 2.45) is 0 Å². The number of aliphatic hydroxyl groups excluding tert-OH is 1. The molecule has 0 spiro atoms. The fraction of sp³-hybridized carbons (Fsp3) is 0.522. The summed E-state index contributed by atoms with van der Waals surface area (Å²) in [6, 6.07) is 7.12. The molecule has 1 unspecified atom stereocenters. The van der Waals surface area contributed by atoms with Crippen molar-refractivity contribution < 1.29 is 14.6 Å². The smallest absolute Gasteiger partial charge is 0.140 e. The van der Waals surface area contributed by atoms with Crippen LogP contribution in [0.5, 0.6) is 5.75 Å². The van der Waals surface area contributed by atoms with Crippen LogP contribution in [0.3, 0.4) is 0 Å². The van der Waals surface area contributed by atoms with Crippen LogP contribution in [-0.4, -0.2) is 43.5 Å². The van der Waals surface area contributed by atoms with E-state index < -0.39 is 6.10 Å². The minimum Gasteiger partial charge on any atom is -0.495 e. The van der Waals surface area contributed by atoms with Crippen LogP contribution in [-0.2, 0) is 11.2 Å². The second-order valence-corrected chi connectivity index (χ2v) is 8.22. The number of aryl methyl sites for hydroxylation is 1. The zero-order valence-electron chi connectivity index (χ0n) is 18.1. The zero-order chi connectivity index (χ0) is 22.5. The summed E-state index contributed by atoms with van der Waals surface area (Å²) in [5.41, 5.74) is 7.70. The van der Waals surface area contributed by atoms with E-state index in [1.165, 1.54) is 0 Å². The van der Waals surface area contributed by atoms with E-state index in [0.29, 0.717) is 27.8 Å². The van der Waals surface area contributed by atoms with Gasteiger partial charge < -0.3 is 25.6 Å². The van der Waals surface area contributed by atoms with Gasteiger partial charge in [0.1, 0.15) is 5.75 Å². The summed E-state index contributed by atoms with van der Waals surface area (Å²) >= 11 is 12.0. The van der Waals surface area contributed by atoms with Gasteiger partial charge in [0.15, 0.2) is 0 Å².